The van der Waals surface area contributed by atoms with Crippen LogP contribution in [0.5, 0.6) is 0 Å². The second-order valence-corrected chi connectivity index (χ2v) is 7.24. The minimum absolute atomic E-state index is 0.288. The van der Waals surface area contributed by atoms with Gasteiger partial charge in [0.15, 0.2) is 0 Å². The van der Waals surface area contributed by atoms with E-state index in [0.29, 0.717) is 23.0 Å². The van der Waals surface area contributed by atoms with Crippen LogP contribution in [0, 0.1) is 34.5 Å². The molecule has 0 aromatic carbocycles. The third kappa shape index (κ3) is 0.926. The molecule has 3 aliphatic rings. The average molecular weight is 220 g/mol. The summed E-state index contributed by atoms with van der Waals surface area (Å²) in [6, 6.07) is 0. The first-order valence-electron chi connectivity index (χ1n) is 6.96. The molecule has 0 aromatic rings. The summed E-state index contributed by atoms with van der Waals surface area (Å²) in [5, 5.41) is 0. The SMILES string of the molecule is CC1CC[C@@]23[C@H](C)CC[C@@H]2C(C)(C)[C@H]3C1=O. The Morgan fingerprint density at radius 2 is 1.81 bits per heavy atom. The van der Waals surface area contributed by atoms with Gasteiger partial charge in [-0.05, 0) is 48.3 Å². The summed E-state index contributed by atoms with van der Waals surface area (Å²) in [7, 11) is 0. The van der Waals surface area contributed by atoms with Crippen LogP contribution in [-0.4, -0.2) is 5.78 Å². The van der Waals surface area contributed by atoms with Crippen molar-refractivity contribution in [1.29, 1.82) is 0 Å². The lowest BCUT2D eigenvalue weighted by atomic mass is 9.35. The van der Waals surface area contributed by atoms with E-state index in [-0.39, 0.29) is 5.41 Å². The van der Waals surface area contributed by atoms with Gasteiger partial charge >= 0.3 is 0 Å². The van der Waals surface area contributed by atoms with Crippen molar-refractivity contribution >= 4 is 5.78 Å². The quantitative estimate of drug-likeness (QED) is 0.608. The molecule has 3 saturated carbocycles. The standard InChI is InChI=1S/C15H24O/c1-9-7-8-15-10(2)5-6-11(15)14(3,4)13(15)12(9)16/h9-11,13H,5-8H2,1-4H3/t9?,10-,11-,13-,15-/m1/s1. The van der Waals surface area contributed by atoms with Gasteiger partial charge in [0.25, 0.3) is 0 Å². The molecule has 1 unspecified atom stereocenters. The number of Topliss-reactive ketones (excluding diaryl/α,β-unsaturated/α-hetero) is 1. The van der Waals surface area contributed by atoms with Crippen LogP contribution in [0.4, 0.5) is 0 Å². The van der Waals surface area contributed by atoms with Gasteiger partial charge in [-0.15, -0.1) is 0 Å². The Morgan fingerprint density at radius 1 is 1.12 bits per heavy atom. The van der Waals surface area contributed by atoms with Crippen molar-refractivity contribution in [1.82, 2.24) is 0 Å². The Balaban J connectivity index is 2.04. The van der Waals surface area contributed by atoms with E-state index < -0.39 is 0 Å². The van der Waals surface area contributed by atoms with E-state index in [1.165, 1.54) is 19.3 Å². The molecule has 5 atom stereocenters. The van der Waals surface area contributed by atoms with Gasteiger partial charge in [-0.25, -0.2) is 0 Å². The zero-order valence-electron chi connectivity index (χ0n) is 11.0. The molecule has 0 aromatic heterocycles. The monoisotopic (exact) mass is 220 g/mol. The van der Waals surface area contributed by atoms with Gasteiger partial charge in [0.2, 0.25) is 0 Å². The fourth-order valence-corrected chi connectivity index (χ4v) is 5.74. The maximum atomic E-state index is 12.5. The van der Waals surface area contributed by atoms with Gasteiger partial charge in [0.1, 0.15) is 5.78 Å². The van der Waals surface area contributed by atoms with Crippen molar-refractivity contribution in [3.05, 3.63) is 0 Å². The summed E-state index contributed by atoms with van der Waals surface area (Å²) < 4.78 is 0. The second-order valence-electron chi connectivity index (χ2n) is 7.24. The lowest BCUT2D eigenvalue weighted by molar-refractivity contribution is -0.207. The maximum absolute atomic E-state index is 12.5. The highest BCUT2D eigenvalue weighted by atomic mass is 16.1. The molecule has 0 aliphatic heterocycles. The maximum Gasteiger partial charge on any atom is 0.139 e. The van der Waals surface area contributed by atoms with Crippen molar-refractivity contribution in [3.8, 4) is 0 Å². The van der Waals surface area contributed by atoms with Crippen molar-refractivity contribution in [2.24, 2.45) is 34.5 Å². The number of rotatable bonds is 0. The predicted molar refractivity (Wildman–Crippen MR) is 65.0 cm³/mol. The first-order valence-corrected chi connectivity index (χ1v) is 6.96. The van der Waals surface area contributed by atoms with Crippen LogP contribution in [0.15, 0.2) is 0 Å². The Labute approximate surface area is 99.0 Å². The average Bonchev–Trinajstić information content (AvgIpc) is 2.48. The van der Waals surface area contributed by atoms with Crippen LogP contribution in [0.3, 0.4) is 0 Å². The van der Waals surface area contributed by atoms with E-state index in [1.54, 1.807) is 0 Å². The lowest BCUT2D eigenvalue weighted by Crippen LogP contribution is -2.67. The molecule has 0 N–H and O–H groups in total. The number of carbonyl (C=O) groups excluding carboxylic acids is 1. The van der Waals surface area contributed by atoms with Crippen molar-refractivity contribution in [3.63, 3.8) is 0 Å². The molecular weight excluding hydrogens is 196 g/mol. The van der Waals surface area contributed by atoms with Crippen LogP contribution in [0.1, 0.15) is 53.4 Å². The van der Waals surface area contributed by atoms with Crippen molar-refractivity contribution in [2.75, 3.05) is 0 Å². The van der Waals surface area contributed by atoms with Gasteiger partial charge < -0.3 is 0 Å². The molecule has 1 nitrogen and oxygen atoms in total. The van der Waals surface area contributed by atoms with Gasteiger partial charge in [-0.1, -0.05) is 27.7 Å². The third-order valence-corrected chi connectivity index (χ3v) is 6.41. The summed E-state index contributed by atoms with van der Waals surface area (Å²) in [4.78, 5) is 12.5. The topological polar surface area (TPSA) is 17.1 Å². The van der Waals surface area contributed by atoms with Crippen molar-refractivity contribution < 1.29 is 4.79 Å². The molecule has 3 rings (SSSR count). The first kappa shape index (κ1) is 10.8. The van der Waals surface area contributed by atoms with Crippen LogP contribution in [0.25, 0.3) is 0 Å². The minimum Gasteiger partial charge on any atom is -0.299 e. The lowest BCUT2D eigenvalue weighted by Gasteiger charge is -2.68. The Kier molecular flexibility index (Phi) is 1.97. The fraction of sp³-hybridized carbons (Fsp3) is 0.933. The van der Waals surface area contributed by atoms with E-state index >= 15 is 0 Å². The van der Waals surface area contributed by atoms with Crippen LogP contribution >= 0.6 is 0 Å². The van der Waals surface area contributed by atoms with E-state index in [0.717, 1.165) is 18.3 Å². The van der Waals surface area contributed by atoms with Crippen molar-refractivity contribution in [2.45, 2.75) is 53.4 Å². The summed E-state index contributed by atoms with van der Waals surface area (Å²) in [6.07, 6.45) is 5.19. The Morgan fingerprint density at radius 3 is 2.50 bits per heavy atom. The normalized spacial score (nSPS) is 54.1. The summed E-state index contributed by atoms with van der Waals surface area (Å²) in [5.74, 6) is 2.90. The molecule has 3 aliphatic carbocycles. The third-order valence-electron chi connectivity index (χ3n) is 6.41. The molecule has 0 saturated heterocycles. The minimum atomic E-state index is 0.288. The largest absolute Gasteiger partial charge is 0.299 e. The number of hydrogen-bond acceptors (Lipinski definition) is 1. The molecule has 3 fully saturated rings. The van der Waals surface area contributed by atoms with E-state index in [4.69, 9.17) is 0 Å². The molecule has 0 bridgehead atoms. The zero-order valence-corrected chi connectivity index (χ0v) is 11.0. The molecule has 0 heterocycles. The molecule has 90 valence electrons. The fourth-order valence-electron chi connectivity index (χ4n) is 5.74. The van der Waals surface area contributed by atoms with Gasteiger partial charge in [-0.2, -0.15) is 0 Å². The summed E-state index contributed by atoms with van der Waals surface area (Å²) >= 11 is 0. The Bertz CT molecular complexity index is 343. The van der Waals surface area contributed by atoms with Crippen LogP contribution < -0.4 is 0 Å². The molecule has 0 radical (unpaired) electrons. The van der Waals surface area contributed by atoms with E-state index in [1.807, 2.05) is 0 Å². The molecule has 1 spiro atoms. The van der Waals surface area contributed by atoms with Gasteiger partial charge in [0.05, 0.1) is 0 Å². The molecular formula is C15H24O. The zero-order chi connectivity index (χ0) is 11.7. The number of ketones is 1. The van der Waals surface area contributed by atoms with Crippen LogP contribution in [0.2, 0.25) is 0 Å². The predicted octanol–water partition coefficient (Wildman–Crippen LogP) is 3.67. The molecule has 1 heteroatoms. The Hall–Kier alpha value is -0.330. The highest BCUT2D eigenvalue weighted by molar-refractivity contribution is 5.87. The summed E-state index contributed by atoms with van der Waals surface area (Å²) in [5.41, 5.74) is 0.712. The molecule has 0 amide bonds. The highest BCUT2D eigenvalue weighted by Gasteiger charge is 2.73. The van der Waals surface area contributed by atoms with E-state index in [9.17, 15) is 4.79 Å². The van der Waals surface area contributed by atoms with E-state index in [2.05, 4.69) is 27.7 Å². The number of carbonyl (C=O) groups is 1. The number of hydrogen-bond donors (Lipinski definition) is 0. The second kappa shape index (κ2) is 2.91. The highest BCUT2D eigenvalue weighted by Crippen LogP contribution is 2.76. The smallest absolute Gasteiger partial charge is 0.139 e. The first-order chi connectivity index (χ1) is 7.42. The molecule has 16 heavy (non-hydrogen) atoms. The van der Waals surface area contributed by atoms with Crippen LogP contribution in [-0.2, 0) is 4.79 Å². The van der Waals surface area contributed by atoms with Gasteiger partial charge in [0, 0.05) is 11.8 Å². The summed E-state index contributed by atoms with van der Waals surface area (Å²) in [6.45, 7) is 9.22. The van der Waals surface area contributed by atoms with Gasteiger partial charge in [-0.3, -0.25) is 4.79 Å².